The molecule has 0 saturated heterocycles. The molecule has 0 aliphatic heterocycles. The van der Waals surface area contributed by atoms with Gasteiger partial charge in [-0.1, -0.05) is 6.92 Å². The van der Waals surface area contributed by atoms with E-state index in [2.05, 4.69) is 16.8 Å². The predicted octanol–water partition coefficient (Wildman–Crippen LogP) is 1.74. The molecule has 0 radical (unpaired) electrons. The summed E-state index contributed by atoms with van der Waals surface area (Å²) in [6.07, 6.45) is 4.78. The lowest BCUT2D eigenvalue weighted by Gasteiger charge is -2.23. The summed E-state index contributed by atoms with van der Waals surface area (Å²) in [6.45, 7) is 3.01. The highest BCUT2D eigenvalue weighted by molar-refractivity contribution is 5.94. The Morgan fingerprint density at radius 3 is 2.88 bits per heavy atom. The lowest BCUT2D eigenvalue weighted by molar-refractivity contribution is 0.0698. The molecule has 5 heteroatoms. The molecule has 0 atom stereocenters. The Kier molecular flexibility index (Phi) is 3.17. The highest BCUT2D eigenvalue weighted by Crippen LogP contribution is 2.31. The molecular weight excluding hydrogens is 218 g/mol. The summed E-state index contributed by atoms with van der Waals surface area (Å²) in [5.74, 6) is -0.278. The fraction of sp³-hybridized carbons (Fsp3) is 0.500. The van der Waals surface area contributed by atoms with Crippen LogP contribution in [0.4, 0.5) is 11.5 Å². The molecule has 1 fully saturated rings. The van der Waals surface area contributed by atoms with Crippen molar-refractivity contribution in [2.45, 2.75) is 32.2 Å². The Labute approximate surface area is 100 Å². The zero-order valence-corrected chi connectivity index (χ0v) is 9.89. The number of hydrogen-bond donors (Lipinski definition) is 2. The number of nitrogens with zero attached hydrogens (tertiary/aromatic N) is 2. The first-order valence-electron chi connectivity index (χ1n) is 5.89. The topological polar surface area (TPSA) is 79.5 Å². The van der Waals surface area contributed by atoms with Gasteiger partial charge < -0.3 is 15.7 Å². The van der Waals surface area contributed by atoms with E-state index in [1.807, 2.05) is 0 Å². The van der Waals surface area contributed by atoms with E-state index in [4.69, 9.17) is 10.8 Å². The van der Waals surface area contributed by atoms with Crippen molar-refractivity contribution in [3.05, 3.63) is 17.8 Å². The van der Waals surface area contributed by atoms with Crippen LogP contribution in [0.25, 0.3) is 0 Å². The molecule has 1 saturated carbocycles. The SMILES string of the molecule is CCCN(c1cc(C(=O)O)c(N)cn1)C1CC1. The molecule has 1 aliphatic carbocycles. The number of nitrogen functional groups attached to an aromatic ring is 1. The quantitative estimate of drug-likeness (QED) is 0.812. The van der Waals surface area contributed by atoms with Crippen LogP contribution >= 0.6 is 0 Å². The zero-order valence-electron chi connectivity index (χ0n) is 9.89. The van der Waals surface area contributed by atoms with Crippen LogP contribution in [-0.2, 0) is 0 Å². The molecule has 0 spiro atoms. The molecule has 0 amide bonds. The monoisotopic (exact) mass is 235 g/mol. The second kappa shape index (κ2) is 4.61. The average Bonchev–Trinajstić information content (AvgIpc) is 3.10. The van der Waals surface area contributed by atoms with Gasteiger partial charge in [0.25, 0.3) is 0 Å². The molecule has 5 nitrogen and oxygen atoms in total. The fourth-order valence-electron chi connectivity index (χ4n) is 1.91. The summed E-state index contributed by atoms with van der Waals surface area (Å²) in [5, 5.41) is 9.03. The maximum atomic E-state index is 11.0. The molecule has 1 aromatic rings. The lowest BCUT2D eigenvalue weighted by atomic mass is 10.2. The molecule has 0 unspecified atom stereocenters. The number of aromatic carboxylic acids is 1. The van der Waals surface area contributed by atoms with Gasteiger partial charge in [-0.2, -0.15) is 0 Å². The van der Waals surface area contributed by atoms with E-state index >= 15 is 0 Å². The Bertz CT molecular complexity index is 430. The van der Waals surface area contributed by atoms with E-state index in [1.165, 1.54) is 6.20 Å². The third kappa shape index (κ3) is 2.49. The number of rotatable bonds is 5. The second-order valence-corrected chi connectivity index (χ2v) is 4.36. The summed E-state index contributed by atoms with van der Waals surface area (Å²) in [6, 6.07) is 2.10. The van der Waals surface area contributed by atoms with Crippen molar-refractivity contribution in [1.29, 1.82) is 0 Å². The van der Waals surface area contributed by atoms with Gasteiger partial charge in [0.2, 0.25) is 0 Å². The van der Waals surface area contributed by atoms with Gasteiger partial charge in [-0.05, 0) is 25.3 Å². The number of anilines is 2. The molecule has 92 valence electrons. The number of pyridine rings is 1. The van der Waals surface area contributed by atoms with Crippen molar-refractivity contribution in [3.8, 4) is 0 Å². The minimum absolute atomic E-state index is 0.136. The average molecular weight is 235 g/mol. The van der Waals surface area contributed by atoms with Crippen LogP contribution in [-0.4, -0.2) is 28.6 Å². The number of carboxylic acids is 1. The highest BCUT2D eigenvalue weighted by atomic mass is 16.4. The molecule has 0 bridgehead atoms. The Balaban J connectivity index is 2.30. The van der Waals surface area contributed by atoms with E-state index in [-0.39, 0.29) is 11.3 Å². The Morgan fingerprint density at radius 2 is 2.35 bits per heavy atom. The van der Waals surface area contributed by atoms with Crippen molar-refractivity contribution in [2.75, 3.05) is 17.2 Å². The van der Waals surface area contributed by atoms with Crippen molar-refractivity contribution < 1.29 is 9.90 Å². The van der Waals surface area contributed by atoms with Gasteiger partial charge in [0.15, 0.2) is 0 Å². The van der Waals surface area contributed by atoms with Crippen LogP contribution in [0, 0.1) is 0 Å². The highest BCUT2D eigenvalue weighted by Gasteiger charge is 2.29. The summed E-state index contributed by atoms with van der Waals surface area (Å²) in [4.78, 5) is 17.4. The fourth-order valence-corrected chi connectivity index (χ4v) is 1.91. The first kappa shape index (κ1) is 11.7. The summed E-state index contributed by atoms with van der Waals surface area (Å²) in [5.41, 5.74) is 5.95. The molecular formula is C12H17N3O2. The third-order valence-electron chi connectivity index (χ3n) is 2.90. The molecule has 2 rings (SSSR count). The Hall–Kier alpha value is -1.78. The second-order valence-electron chi connectivity index (χ2n) is 4.36. The standard InChI is InChI=1S/C12H17N3O2/c1-2-5-15(8-3-4-8)11-6-9(12(16)17)10(13)7-14-11/h6-8H,2-5,13H2,1H3,(H,16,17). The van der Waals surface area contributed by atoms with Crippen molar-refractivity contribution >= 4 is 17.5 Å². The summed E-state index contributed by atoms with van der Waals surface area (Å²) < 4.78 is 0. The molecule has 17 heavy (non-hydrogen) atoms. The van der Waals surface area contributed by atoms with Crippen LogP contribution < -0.4 is 10.6 Å². The molecule has 1 heterocycles. The summed E-state index contributed by atoms with van der Waals surface area (Å²) >= 11 is 0. The van der Waals surface area contributed by atoms with Crippen LogP contribution in [0.3, 0.4) is 0 Å². The van der Waals surface area contributed by atoms with Gasteiger partial charge >= 0.3 is 5.97 Å². The van der Waals surface area contributed by atoms with Gasteiger partial charge in [0.05, 0.1) is 17.4 Å². The maximum Gasteiger partial charge on any atom is 0.337 e. The third-order valence-corrected chi connectivity index (χ3v) is 2.90. The van der Waals surface area contributed by atoms with Crippen molar-refractivity contribution in [2.24, 2.45) is 0 Å². The molecule has 1 aromatic heterocycles. The van der Waals surface area contributed by atoms with Crippen molar-refractivity contribution in [3.63, 3.8) is 0 Å². The van der Waals surface area contributed by atoms with E-state index in [0.717, 1.165) is 31.6 Å². The van der Waals surface area contributed by atoms with Gasteiger partial charge in [0, 0.05) is 12.6 Å². The first-order chi connectivity index (χ1) is 8.13. The number of aromatic nitrogens is 1. The number of carboxylic acid groups (broad SMARTS) is 1. The van der Waals surface area contributed by atoms with Crippen LogP contribution in [0.5, 0.6) is 0 Å². The molecule has 1 aliphatic rings. The number of carbonyl (C=O) groups is 1. The van der Waals surface area contributed by atoms with E-state index < -0.39 is 5.97 Å². The van der Waals surface area contributed by atoms with Gasteiger partial charge in [-0.15, -0.1) is 0 Å². The van der Waals surface area contributed by atoms with Crippen LogP contribution in [0.15, 0.2) is 12.3 Å². The predicted molar refractivity (Wildman–Crippen MR) is 66.3 cm³/mol. The van der Waals surface area contributed by atoms with Gasteiger partial charge in [-0.25, -0.2) is 9.78 Å². The molecule has 0 aromatic carbocycles. The number of nitrogens with two attached hydrogens (primary N) is 1. The lowest BCUT2D eigenvalue weighted by Crippen LogP contribution is -2.27. The zero-order chi connectivity index (χ0) is 12.4. The largest absolute Gasteiger partial charge is 0.478 e. The normalized spacial score (nSPS) is 14.6. The van der Waals surface area contributed by atoms with Crippen molar-refractivity contribution in [1.82, 2.24) is 4.98 Å². The first-order valence-corrected chi connectivity index (χ1v) is 5.89. The van der Waals surface area contributed by atoms with Gasteiger partial charge in [0.1, 0.15) is 5.82 Å². The minimum atomic E-state index is -1.00. The number of hydrogen-bond acceptors (Lipinski definition) is 4. The van der Waals surface area contributed by atoms with Crippen LogP contribution in [0.1, 0.15) is 36.5 Å². The minimum Gasteiger partial charge on any atom is -0.478 e. The van der Waals surface area contributed by atoms with E-state index in [9.17, 15) is 4.79 Å². The molecule has 3 N–H and O–H groups in total. The maximum absolute atomic E-state index is 11.0. The Morgan fingerprint density at radius 1 is 1.65 bits per heavy atom. The summed E-state index contributed by atoms with van der Waals surface area (Å²) in [7, 11) is 0. The van der Waals surface area contributed by atoms with Gasteiger partial charge in [-0.3, -0.25) is 0 Å². The van der Waals surface area contributed by atoms with E-state index in [0.29, 0.717) is 6.04 Å². The van der Waals surface area contributed by atoms with E-state index in [1.54, 1.807) is 6.07 Å². The smallest absolute Gasteiger partial charge is 0.337 e. The van der Waals surface area contributed by atoms with Crippen LogP contribution in [0.2, 0.25) is 0 Å².